The molecule has 0 atom stereocenters. The summed E-state index contributed by atoms with van der Waals surface area (Å²) >= 11 is 0. The van der Waals surface area contributed by atoms with Gasteiger partial charge in [0.1, 0.15) is 0 Å². The number of halogens is 6. The third-order valence-corrected chi connectivity index (χ3v) is 3.91. The summed E-state index contributed by atoms with van der Waals surface area (Å²) in [5.74, 6) is -6.53. The minimum atomic E-state index is -1.28. The summed E-state index contributed by atoms with van der Waals surface area (Å²) in [4.78, 5) is 0. The Morgan fingerprint density at radius 2 is 0.879 bits per heavy atom. The van der Waals surface area contributed by atoms with Gasteiger partial charge in [-0.1, -0.05) is 26.7 Å². The number of hydrogen-bond acceptors (Lipinski definition) is 0. The van der Waals surface area contributed by atoms with E-state index >= 15 is 0 Å². The fraction of sp³-hybridized carbons (Fsp3) is 0.154. The van der Waals surface area contributed by atoms with E-state index in [9.17, 15) is 26.3 Å². The molecule has 172 valence electrons. The molecule has 0 aliphatic heterocycles. The second-order valence-corrected chi connectivity index (χ2v) is 6.23. The van der Waals surface area contributed by atoms with Crippen LogP contribution in [0.5, 0.6) is 0 Å². The first kappa shape index (κ1) is 30.4. The van der Waals surface area contributed by atoms with Crippen molar-refractivity contribution in [3.05, 3.63) is 131 Å². The van der Waals surface area contributed by atoms with Gasteiger partial charge in [0.25, 0.3) is 0 Å². The molecule has 0 N–H and O–H groups in total. The first-order chi connectivity index (χ1) is 15.3. The Morgan fingerprint density at radius 1 is 0.576 bits per heavy atom. The Labute approximate surface area is 205 Å². The summed E-state index contributed by atoms with van der Waals surface area (Å²) in [5.41, 5.74) is 2.86. The number of rotatable bonds is 2. The van der Waals surface area contributed by atoms with Crippen LogP contribution < -0.4 is 0 Å². The van der Waals surface area contributed by atoms with E-state index in [1.54, 1.807) is 0 Å². The van der Waals surface area contributed by atoms with Gasteiger partial charge >= 0.3 is 21.7 Å². The number of aryl methyl sites for hydroxylation is 2. The summed E-state index contributed by atoms with van der Waals surface area (Å²) < 4.78 is 71.4. The summed E-state index contributed by atoms with van der Waals surface area (Å²) in [5, 5.41) is 0. The Morgan fingerprint density at radius 3 is 1.06 bits per heavy atom. The van der Waals surface area contributed by atoms with Crippen molar-refractivity contribution in [2.45, 2.75) is 26.7 Å². The van der Waals surface area contributed by atoms with Crippen LogP contribution in [0.2, 0.25) is 0 Å². The summed E-state index contributed by atoms with van der Waals surface area (Å²) in [6.07, 6.45) is 2.32. The normalized spacial score (nSPS) is 9.21. The van der Waals surface area contributed by atoms with Crippen LogP contribution in [0.15, 0.2) is 72.8 Å². The van der Waals surface area contributed by atoms with Crippen LogP contribution in [-0.2, 0) is 34.6 Å². The van der Waals surface area contributed by atoms with Gasteiger partial charge in [-0.05, 0) is 0 Å². The maximum absolute atomic E-state index is 11.9. The van der Waals surface area contributed by atoms with Crippen LogP contribution in [0, 0.1) is 47.0 Å². The number of benzene rings is 2. The van der Waals surface area contributed by atoms with Gasteiger partial charge in [-0.2, -0.15) is 35.4 Å². The molecule has 4 aromatic rings. The predicted octanol–water partition coefficient (Wildman–Crippen LogP) is 7.74. The molecule has 0 heterocycles. The average molecular weight is 496 g/mol. The molecule has 0 spiro atoms. The molecule has 7 heteroatoms. The Bertz CT molecular complexity index is 928. The van der Waals surface area contributed by atoms with Crippen molar-refractivity contribution >= 4 is 0 Å². The van der Waals surface area contributed by atoms with Crippen LogP contribution in [0.25, 0.3) is 0 Å². The first-order valence-corrected chi connectivity index (χ1v) is 9.73. The minimum Gasteiger partial charge on any atom is -0.281 e. The zero-order chi connectivity index (χ0) is 23.9. The van der Waals surface area contributed by atoms with Crippen molar-refractivity contribution < 1.29 is 48.1 Å². The van der Waals surface area contributed by atoms with E-state index in [1.807, 2.05) is 0 Å². The zero-order valence-electron chi connectivity index (χ0n) is 18.1. The third kappa shape index (κ3) is 12.9. The van der Waals surface area contributed by atoms with Gasteiger partial charge < -0.3 is 0 Å². The standard InChI is InChI=1S/2C7H9.2C6H2F3.Ti/c2*1-2-7-5-3-4-6-7;2*7-4-1-2-5(8)6(9)3-4;/h2*3-6H,2H2,1H3;2*1-2H;/q4*-1;+4. The summed E-state index contributed by atoms with van der Waals surface area (Å²) in [7, 11) is 0. The molecule has 0 aliphatic rings. The number of hydrogen-bond donors (Lipinski definition) is 0. The van der Waals surface area contributed by atoms with Crippen LogP contribution in [-0.4, -0.2) is 0 Å². The largest absolute Gasteiger partial charge is 4.00 e. The van der Waals surface area contributed by atoms with Gasteiger partial charge in [0.05, 0.1) is 0 Å². The minimum absolute atomic E-state index is 0. The Balaban J connectivity index is 0.000000412. The van der Waals surface area contributed by atoms with Gasteiger partial charge in [-0.3, -0.25) is 8.78 Å². The van der Waals surface area contributed by atoms with Crippen LogP contribution >= 0.6 is 0 Å². The van der Waals surface area contributed by atoms with Crippen LogP contribution in [0.1, 0.15) is 25.0 Å². The topological polar surface area (TPSA) is 0 Å². The van der Waals surface area contributed by atoms with E-state index in [2.05, 4.69) is 62.4 Å². The van der Waals surface area contributed by atoms with E-state index in [4.69, 9.17) is 0 Å². The van der Waals surface area contributed by atoms with Crippen molar-refractivity contribution in [2.24, 2.45) is 0 Å². The second-order valence-electron chi connectivity index (χ2n) is 6.23. The molecule has 0 unspecified atom stereocenters. The predicted molar refractivity (Wildman–Crippen MR) is 113 cm³/mol. The monoisotopic (exact) mass is 496 g/mol. The first-order valence-electron chi connectivity index (χ1n) is 9.73. The molecule has 0 saturated heterocycles. The van der Waals surface area contributed by atoms with Gasteiger partial charge in [0.2, 0.25) is 0 Å². The van der Waals surface area contributed by atoms with E-state index in [-0.39, 0.29) is 21.7 Å². The zero-order valence-corrected chi connectivity index (χ0v) is 19.7. The molecule has 0 saturated carbocycles. The van der Waals surface area contributed by atoms with Crippen molar-refractivity contribution in [3.63, 3.8) is 0 Å². The van der Waals surface area contributed by atoms with Crippen LogP contribution in [0.3, 0.4) is 0 Å². The molecular weight excluding hydrogens is 474 g/mol. The van der Waals surface area contributed by atoms with Gasteiger partial charge in [0.15, 0.2) is 0 Å². The van der Waals surface area contributed by atoms with Crippen molar-refractivity contribution in [1.82, 2.24) is 0 Å². The quantitative estimate of drug-likeness (QED) is 0.115. The maximum atomic E-state index is 11.9. The molecule has 4 aromatic carbocycles. The fourth-order valence-corrected chi connectivity index (χ4v) is 2.15. The van der Waals surface area contributed by atoms with Gasteiger partial charge in [-0.15, -0.1) is 36.4 Å². The fourth-order valence-electron chi connectivity index (χ4n) is 2.15. The second kappa shape index (κ2) is 17.0. The molecule has 0 aliphatic carbocycles. The molecule has 0 bridgehead atoms. The van der Waals surface area contributed by atoms with Gasteiger partial charge in [0, 0.05) is 34.9 Å². The van der Waals surface area contributed by atoms with Crippen molar-refractivity contribution in [2.75, 3.05) is 0 Å². The van der Waals surface area contributed by atoms with Crippen molar-refractivity contribution in [1.29, 1.82) is 0 Å². The summed E-state index contributed by atoms with van der Waals surface area (Å²) in [6, 6.07) is 22.9. The molecule has 0 amide bonds. The SMILES string of the molecule is CC[c-]1cccc1.CC[c-]1cccc1.Fc1[c-]c(F)c(F)cc1.Fc1[c-]c(F)c(F)cc1.[Ti+4]. The van der Waals surface area contributed by atoms with E-state index in [0.29, 0.717) is 12.1 Å². The Kier molecular flexibility index (Phi) is 15.7. The molecule has 0 nitrogen and oxygen atoms in total. The maximum Gasteiger partial charge on any atom is 4.00 e. The Hall–Kier alpha value is -2.57. The smallest absolute Gasteiger partial charge is 0.281 e. The summed E-state index contributed by atoms with van der Waals surface area (Å²) in [6.45, 7) is 4.32. The van der Waals surface area contributed by atoms with Crippen molar-refractivity contribution in [3.8, 4) is 0 Å². The van der Waals surface area contributed by atoms with Crippen LogP contribution in [0.4, 0.5) is 26.3 Å². The van der Waals surface area contributed by atoms with E-state index < -0.39 is 34.9 Å². The third-order valence-electron chi connectivity index (χ3n) is 3.91. The van der Waals surface area contributed by atoms with E-state index in [1.165, 1.54) is 23.3 Å². The van der Waals surface area contributed by atoms with E-state index in [0.717, 1.165) is 25.0 Å². The molecule has 0 radical (unpaired) electrons. The van der Waals surface area contributed by atoms with Gasteiger partial charge in [-0.25, -0.2) is 41.8 Å². The molecule has 0 fully saturated rings. The molecule has 0 aromatic heterocycles. The average Bonchev–Trinajstić information content (AvgIpc) is 3.49. The molecule has 33 heavy (non-hydrogen) atoms. The molecule has 4 rings (SSSR count). The molecular formula is C26H22F6Ti.